The fourth-order valence-corrected chi connectivity index (χ4v) is 3.53. The number of pyridine rings is 1. The Hall–Kier alpha value is -1.66. The molecule has 6 heteroatoms. The second-order valence-electron chi connectivity index (χ2n) is 6.98. The maximum Gasteiger partial charge on any atom is 0.261 e. The maximum atomic E-state index is 12.8. The third-order valence-corrected chi connectivity index (χ3v) is 5.25. The third kappa shape index (κ3) is 3.80. The highest BCUT2D eigenvalue weighted by Gasteiger charge is 2.14. The van der Waals surface area contributed by atoms with Crippen LogP contribution in [0.3, 0.4) is 0 Å². The van der Waals surface area contributed by atoms with Crippen LogP contribution in [0.1, 0.15) is 31.9 Å². The van der Waals surface area contributed by atoms with E-state index in [-0.39, 0.29) is 11.0 Å². The van der Waals surface area contributed by atoms with Crippen molar-refractivity contribution in [2.75, 3.05) is 6.26 Å². The van der Waals surface area contributed by atoms with Crippen molar-refractivity contribution in [3.05, 3.63) is 62.6 Å². The van der Waals surface area contributed by atoms with Gasteiger partial charge in [0.25, 0.3) is 5.56 Å². The van der Waals surface area contributed by atoms with Crippen LogP contribution in [-0.2, 0) is 12.0 Å². The van der Waals surface area contributed by atoms with E-state index >= 15 is 0 Å². The predicted molar refractivity (Wildman–Crippen MR) is 108 cm³/mol. The van der Waals surface area contributed by atoms with Crippen LogP contribution in [0.25, 0.3) is 10.9 Å². The molecule has 0 saturated heterocycles. The zero-order valence-corrected chi connectivity index (χ0v) is 17.1. The van der Waals surface area contributed by atoms with Gasteiger partial charge in [-0.05, 0) is 38.7 Å². The van der Waals surface area contributed by atoms with Crippen molar-refractivity contribution in [1.82, 2.24) is 14.5 Å². The van der Waals surface area contributed by atoms with Gasteiger partial charge >= 0.3 is 0 Å². The minimum Gasteiger partial charge on any atom is -0.309 e. The average Bonchev–Trinajstić information content (AvgIpc) is 2.58. The molecule has 0 N–H and O–H groups in total. The van der Waals surface area contributed by atoms with Gasteiger partial charge in [0.15, 0.2) is 5.16 Å². The van der Waals surface area contributed by atoms with Gasteiger partial charge in [0, 0.05) is 12.4 Å². The van der Waals surface area contributed by atoms with Crippen LogP contribution in [0, 0.1) is 0 Å². The first kappa shape index (κ1) is 18.1. The van der Waals surface area contributed by atoms with E-state index in [4.69, 9.17) is 0 Å². The number of fused-ring (bicyclic) bond motifs is 1. The standard InChI is InChI=1S/C19H20BrN3OS/c1-19(2,3)13-7-5-12(6-8-13)10-23-11-15(20)16-14(17(23)24)9-21-18(22-16)25-4/h5-9,11H,10H2,1-4H3. The van der Waals surface area contributed by atoms with E-state index in [0.29, 0.717) is 22.6 Å². The molecule has 3 aromatic rings. The molecule has 0 aliphatic heterocycles. The zero-order valence-electron chi connectivity index (χ0n) is 14.7. The molecular formula is C19H20BrN3OS. The Labute approximate surface area is 159 Å². The van der Waals surface area contributed by atoms with Crippen molar-refractivity contribution in [2.24, 2.45) is 0 Å². The number of hydrogen-bond donors (Lipinski definition) is 0. The van der Waals surface area contributed by atoms with E-state index < -0.39 is 0 Å². The first-order valence-electron chi connectivity index (χ1n) is 7.98. The smallest absolute Gasteiger partial charge is 0.261 e. The Bertz CT molecular complexity index is 975. The predicted octanol–water partition coefficient (Wildman–Crippen LogP) is 4.62. The molecule has 4 nitrogen and oxygen atoms in total. The fraction of sp³-hybridized carbons (Fsp3) is 0.316. The second-order valence-corrected chi connectivity index (χ2v) is 8.60. The number of hydrogen-bond acceptors (Lipinski definition) is 4. The van der Waals surface area contributed by atoms with Gasteiger partial charge in [0.05, 0.1) is 21.9 Å². The summed E-state index contributed by atoms with van der Waals surface area (Å²) in [6, 6.07) is 8.42. The van der Waals surface area contributed by atoms with E-state index in [2.05, 4.69) is 70.9 Å². The van der Waals surface area contributed by atoms with Crippen molar-refractivity contribution in [2.45, 2.75) is 37.9 Å². The zero-order chi connectivity index (χ0) is 18.2. The van der Waals surface area contributed by atoms with Gasteiger partial charge < -0.3 is 4.57 Å². The highest BCUT2D eigenvalue weighted by Crippen LogP contribution is 2.23. The molecule has 0 amide bonds. The minimum absolute atomic E-state index is 0.0780. The molecule has 25 heavy (non-hydrogen) atoms. The maximum absolute atomic E-state index is 12.8. The number of aromatic nitrogens is 3. The van der Waals surface area contributed by atoms with E-state index in [9.17, 15) is 4.79 Å². The normalized spacial score (nSPS) is 11.9. The van der Waals surface area contributed by atoms with Gasteiger partial charge in [-0.3, -0.25) is 4.79 Å². The summed E-state index contributed by atoms with van der Waals surface area (Å²) in [6.45, 7) is 7.09. The van der Waals surface area contributed by atoms with E-state index in [1.54, 1.807) is 17.0 Å². The second kappa shape index (κ2) is 6.92. The number of benzene rings is 1. The van der Waals surface area contributed by atoms with Crippen LogP contribution in [0.15, 0.2) is 51.1 Å². The molecule has 2 aromatic heterocycles. The summed E-state index contributed by atoms with van der Waals surface area (Å²) >= 11 is 4.99. The molecule has 0 atom stereocenters. The van der Waals surface area contributed by atoms with Crippen molar-refractivity contribution in [3.8, 4) is 0 Å². The van der Waals surface area contributed by atoms with Crippen molar-refractivity contribution in [3.63, 3.8) is 0 Å². The number of halogens is 1. The lowest BCUT2D eigenvalue weighted by molar-refractivity contribution is 0.589. The number of nitrogens with zero attached hydrogens (tertiary/aromatic N) is 3. The molecule has 0 aliphatic rings. The number of thioether (sulfide) groups is 1. The van der Waals surface area contributed by atoms with Crippen LogP contribution in [-0.4, -0.2) is 20.8 Å². The topological polar surface area (TPSA) is 47.8 Å². The van der Waals surface area contributed by atoms with Crippen LogP contribution in [0.5, 0.6) is 0 Å². The first-order chi connectivity index (χ1) is 11.8. The van der Waals surface area contributed by atoms with E-state index in [1.807, 2.05) is 6.26 Å². The molecule has 0 fully saturated rings. The molecule has 0 radical (unpaired) electrons. The highest BCUT2D eigenvalue weighted by atomic mass is 79.9. The Morgan fingerprint density at radius 1 is 1.20 bits per heavy atom. The molecule has 0 aliphatic carbocycles. The van der Waals surface area contributed by atoms with Crippen molar-refractivity contribution in [1.29, 1.82) is 0 Å². The molecule has 3 rings (SSSR count). The van der Waals surface area contributed by atoms with Gasteiger partial charge in [0.2, 0.25) is 0 Å². The monoisotopic (exact) mass is 417 g/mol. The minimum atomic E-state index is -0.0780. The summed E-state index contributed by atoms with van der Waals surface area (Å²) in [6.07, 6.45) is 5.33. The van der Waals surface area contributed by atoms with Gasteiger partial charge in [-0.25, -0.2) is 9.97 Å². The summed E-state index contributed by atoms with van der Waals surface area (Å²) in [5.41, 5.74) is 3.06. The largest absolute Gasteiger partial charge is 0.309 e. The lowest BCUT2D eigenvalue weighted by Gasteiger charge is -2.19. The summed E-state index contributed by atoms with van der Waals surface area (Å²) < 4.78 is 2.49. The van der Waals surface area contributed by atoms with Crippen LogP contribution >= 0.6 is 27.7 Å². The summed E-state index contributed by atoms with van der Waals surface area (Å²) in [4.78, 5) is 21.4. The molecular weight excluding hydrogens is 398 g/mol. The highest BCUT2D eigenvalue weighted by molar-refractivity contribution is 9.10. The SMILES string of the molecule is CSc1ncc2c(=O)n(Cc3ccc(C(C)(C)C)cc3)cc(Br)c2n1. The molecule has 130 valence electrons. The average molecular weight is 418 g/mol. The van der Waals surface area contributed by atoms with Crippen molar-refractivity contribution >= 4 is 38.6 Å². The Kier molecular flexibility index (Phi) is 5.02. The summed E-state index contributed by atoms with van der Waals surface area (Å²) in [7, 11) is 0. The fourth-order valence-electron chi connectivity index (χ4n) is 2.64. The Morgan fingerprint density at radius 2 is 1.88 bits per heavy atom. The van der Waals surface area contributed by atoms with Gasteiger partial charge in [-0.15, -0.1) is 0 Å². The molecule has 1 aromatic carbocycles. The van der Waals surface area contributed by atoms with Crippen LogP contribution in [0.2, 0.25) is 0 Å². The van der Waals surface area contributed by atoms with Gasteiger partial charge in [-0.2, -0.15) is 0 Å². The molecule has 2 heterocycles. The molecule has 0 spiro atoms. The lowest BCUT2D eigenvalue weighted by Crippen LogP contribution is -2.21. The first-order valence-corrected chi connectivity index (χ1v) is 10.0. The van der Waals surface area contributed by atoms with Gasteiger partial charge in [-0.1, -0.05) is 56.8 Å². The Balaban J connectivity index is 1.99. The third-order valence-electron chi connectivity index (χ3n) is 4.11. The van der Waals surface area contributed by atoms with Crippen molar-refractivity contribution < 1.29 is 0 Å². The Morgan fingerprint density at radius 3 is 2.48 bits per heavy atom. The lowest BCUT2D eigenvalue weighted by atomic mass is 9.87. The quantitative estimate of drug-likeness (QED) is 0.460. The van der Waals surface area contributed by atoms with E-state index in [1.165, 1.54) is 17.3 Å². The van der Waals surface area contributed by atoms with Gasteiger partial charge in [0.1, 0.15) is 0 Å². The van der Waals surface area contributed by atoms with E-state index in [0.717, 1.165) is 10.0 Å². The summed E-state index contributed by atoms with van der Waals surface area (Å²) in [5.74, 6) is 0. The molecule has 0 saturated carbocycles. The summed E-state index contributed by atoms with van der Waals surface area (Å²) in [5, 5.41) is 1.18. The van der Waals surface area contributed by atoms with Crippen LogP contribution < -0.4 is 5.56 Å². The molecule has 0 bridgehead atoms. The number of rotatable bonds is 3. The molecule has 0 unspecified atom stereocenters. The van der Waals surface area contributed by atoms with Crippen LogP contribution in [0.4, 0.5) is 0 Å².